The second kappa shape index (κ2) is 13.5. The summed E-state index contributed by atoms with van der Waals surface area (Å²) >= 11 is 0. The molecule has 39 heavy (non-hydrogen) atoms. The van der Waals surface area contributed by atoms with E-state index in [9.17, 15) is 9.59 Å². The van der Waals surface area contributed by atoms with Gasteiger partial charge in [0, 0.05) is 18.3 Å². The summed E-state index contributed by atoms with van der Waals surface area (Å²) in [6, 6.07) is 25.2. The molecule has 0 unspecified atom stereocenters. The molecule has 4 aromatic rings. The van der Waals surface area contributed by atoms with Gasteiger partial charge in [0.15, 0.2) is 0 Å². The summed E-state index contributed by atoms with van der Waals surface area (Å²) in [5.74, 6) is 0.751. The SMILES string of the molecule is Cc1cc(OCc2ccc(CC(C)C)cc2)ccc1C(=O)OC(=O)CCCOc1ccc(-c2ccc[nH]2)cc1. The summed E-state index contributed by atoms with van der Waals surface area (Å²) in [6.07, 6.45) is 3.46. The Balaban J connectivity index is 1.18. The molecule has 202 valence electrons. The summed E-state index contributed by atoms with van der Waals surface area (Å²) in [7, 11) is 0. The standard InChI is InChI=1S/C33H35NO5/c1-23(2)20-25-8-10-26(11-9-25)22-38-29-16-17-30(24(3)21-29)33(36)39-32(35)7-5-19-37-28-14-12-27(13-15-28)31-6-4-18-34-31/h4,6,8-18,21,23,34H,5,7,19-20,22H2,1-3H3. The summed E-state index contributed by atoms with van der Waals surface area (Å²) < 4.78 is 16.7. The van der Waals surface area contributed by atoms with Crippen molar-refractivity contribution in [1.82, 2.24) is 4.98 Å². The van der Waals surface area contributed by atoms with Crippen LogP contribution in [0.2, 0.25) is 0 Å². The van der Waals surface area contributed by atoms with Crippen LogP contribution in [0.4, 0.5) is 0 Å². The highest BCUT2D eigenvalue weighted by atomic mass is 16.6. The molecule has 0 radical (unpaired) electrons. The van der Waals surface area contributed by atoms with Crippen molar-refractivity contribution < 1.29 is 23.8 Å². The van der Waals surface area contributed by atoms with E-state index in [1.54, 1.807) is 25.1 Å². The minimum atomic E-state index is -0.661. The maximum atomic E-state index is 12.5. The van der Waals surface area contributed by atoms with Gasteiger partial charge in [-0.3, -0.25) is 4.79 Å². The third-order valence-corrected chi connectivity index (χ3v) is 6.25. The third-order valence-electron chi connectivity index (χ3n) is 6.25. The Kier molecular flexibility index (Phi) is 9.57. The van der Waals surface area contributed by atoms with Gasteiger partial charge in [-0.1, -0.05) is 38.1 Å². The molecule has 0 aliphatic heterocycles. The highest BCUT2D eigenvalue weighted by molar-refractivity contribution is 5.98. The molecule has 0 atom stereocenters. The van der Waals surface area contributed by atoms with Crippen molar-refractivity contribution in [1.29, 1.82) is 0 Å². The van der Waals surface area contributed by atoms with Crippen molar-refractivity contribution in [3.63, 3.8) is 0 Å². The molecular weight excluding hydrogens is 490 g/mol. The van der Waals surface area contributed by atoms with E-state index in [1.807, 2.05) is 42.6 Å². The molecule has 0 saturated heterocycles. The van der Waals surface area contributed by atoms with E-state index in [-0.39, 0.29) is 6.42 Å². The number of carbonyl (C=O) groups excluding carboxylic acids is 2. The van der Waals surface area contributed by atoms with Gasteiger partial charge in [0.1, 0.15) is 18.1 Å². The topological polar surface area (TPSA) is 77.6 Å². The van der Waals surface area contributed by atoms with Gasteiger partial charge in [0.05, 0.1) is 12.2 Å². The lowest BCUT2D eigenvalue weighted by Gasteiger charge is -2.11. The number of carbonyl (C=O) groups is 2. The zero-order valence-electron chi connectivity index (χ0n) is 22.7. The van der Waals surface area contributed by atoms with Gasteiger partial charge < -0.3 is 19.2 Å². The largest absolute Gasteiger partial charge is 0.494 e. The predicted molar refractivity (Wildman–Crippen MR) is 152 cm³/mol. The average Bonchev–Trinajstić information content (AvgIpc) is 3.46. The van der Waals surface area contributed by atoms with Crippen LogP contribution in [-0.2, 0) is 22.6 Å². The Labute approximate surface area is 229 Å². The van der Waals surface area contributed by atoms with E-state index >= 15 is 0 Å². The monoisotopic (exact) mass is 525 g/mol. The molecule has 0 aliphatic carbocycles. The number of ether oxygens (including phenoxy) is 3. The van der Waals surface area contributed by atoms with Crippen molar-refractivity contribution in [3.05, 3.63) is 107 Å². The van der Waals surface area contributed by atoms with E-state index in [4.69, 9.17) is 14.2 Å². The number of nitrogens with one attached hydrogen (secondary N) is 1. The van der Waals surface area contributed by atoms with E-state index < -0.39 is 11.9 Å². The first-order chi connectivity index (χ1) is 18.9. The van der Waals surface area contributed by atoms with Crippen LogP contribution in [0.3, 0.4) is 0 Å². The predicted octanol–water partition coefficient (Wildman–Crippen LogP) is 7.31. The van der Waals surface area contributed by atoms with E-state index in [0.29, 0.717) is 42.4 Å². The molecule has 0 amide bonds. The van der Waals surface area contributed by atoms with Gasteiger partial charge in [-0.05, 0) is 103 Å². The molecule has 1 aromatic heterocycles. The van der Waals surface area contributed by atoms with Crippen LogP contribution >= 0.6 is 0 Å². The molecule has 0 saturated carbocycles. The second-order valence-electron chi connectivity index (χ2n) is 10.0. The molecule has 0 fully saturated rings. The van der Waals surface area contributed by atoms with Crippen molar-refractivity contribution in [2.45, 2.75) is 46.6 Å². The summed E-state index contributed by atoms with van der Waals surface area (Å²) in [6.45, 7) is 6.98. The molecule has 3 aromatic carbocycles. The number of hydrogen-bond acceptors (Lipinski definition) is 5. The molecule has 4 rings (SSSR count). The molecule has 0 spiro atoms. The smallest absolute Gasteiger partial charge is 0.346 e. The van der Waals surface area contributed by atoms with Crippen LogP contribution in [0.25, 0.3) is 11.3 Å². The molecular formula is C33H35NO5. The molecule has 6 nitrogen and oxygen atoms in total. The van der Waals surface area contributed by atoms with Gasteiger partial charge >= 0.3 is 11.9 Å². The first-order valence-corrected chi connectivity index (χ1v) is 13.3. The number of H-pyrrole nitrogens is 1. The minimum absolute atomic E-state index is 0.0858. The lowest BCUT2D eigenvalue weighted by Crippen LogP contribution is -2.14. The van der Waals surface area contributed by atoms with Crippen molar-refractivity contribution in [2.24, 2.45) is 5.92 Å². The van der Waals surface area contributed by atoms with E-state index in [2.05, 4.69) is 43.1 Å². The van der Waals surface area contributed by atoms with Crippen LogP contribution in [0.15, 0.2) is 85.1 Å². The first-order valence-electron chi connectivity index (χ1n) is 13.3. The average molecular weight is 526 g/mol. The van der Waals surface area contributed by atoms with Gasteiger partial charge in [0.2, 0.25) is 0 Å². The second-order valence-corrected chi connectivity index (χ2v) is 10.0. The Morgan fingerprint density at radius 3 is 2.23 bits per heavy atom. The fourth-order valence-electron chi connectivity index (χ4n) is 4.22. The van der Waals surface area contributed by atoms with E-state index in [0.717, 1.165) is 29.0 Å². The van der Waals surface area contributed by atoms with Gasteiger partial charge in [-0.15, -0.1) is 0 Å². The zero-order valence-corrected chi connectivity index (χ0v) is 22.7. The summed E-state index contributed by atoms with van der Waals surface area (Å²) in [5, 5.41) is 0. The molecule has 1 heterocycles. The van der Waals surface area contributed by atoms with Crippen LogP contribution in [0, 0.1) is 12.8 Å². The Morgan fingerprint density at radius 2 is 1.56 bits per heavy atom. The van der Waals surface area contributed by atoms with Crippen LogP contribution in [-0.4, -0.2) is 23.5 Å². The number of aryl methyl sites for hydroxylation is 1. The number of hydrogen-bond donors (Lipinski definition) is 1. The van der Waals surface area contributed by atoms with Gasteiger partial charge in [0.25, 0.3) is 0 Å². The molecule has 0 bridgehead atoms. The van der Waals surface area contributed by atoms with Crippen LogP contribution in [0.1, 0.15) is 53.7 Å². The Bertz CT molecular complexity index is 1360. The lowest BCUT2D eigenvalue weighted by atomic mass is 10.0. The highest BCUT2D eigenvalue weighted by Gasteiger charge is 2.16. The fourth-order valence-corrected chi connectivity index (χ4v) is 4.22. The minimum Gasteiger partial charge on any atom is -0.494 e. The lowest BCUT2D eigenvalue weighted by molar-refractivity contribution is -0.138. The van der Waals surface area contributed by atoms with E-state index in [1.165, 1.54) is 5.56 Å². The Hall–Kier alpha value is -4.32. The molecule has 6 heteroatoms. The number of aromatic nitrogens is 1. The summed E-state index contributed by atoms with van der Waals surface area (Å²) in [5.41, 5.74) is 5.51. The maximum Gasteiger partial charge on any atom is 0.346 e. The first kappa shape index (κ1) is 27.7. The van der Waals surface area contributed by atoms with Gasteiger partial charge in [-0.2, -0.15) is 0 Å². The Morgan fingerprint density at radius 1 is 0.846 bits per heavy atom. The zero-order chi connectivity index (χ0) is 27.6. The third kappa shape index (κ3) is 8.34. The number of aromatic amines is 1. The number of rotatable bonds is 12. The van der Waals surface area contributed by atoms with Crippen molar-refractivity contribution in [3.8, 4) is 22.8 Å². The van der Waals surface area contributed by atoms with Crippen molar-refractivity contribution in [2.75, 3.05) is 6.61 Å². The maximum absolute atomic E-state index is 12.5. The normalized spacial score (nSPS) is 10.9. The quantitative estimate of drug-likeness (QED) is 0.119. The molecule has 0 aliphatic rings. The van der Waals surface area contributed by atoms with Crippen LogP contribution < -0.4 is 9.47 Å². The fraction of sp³-hybridized carbons (Fsp3) is 0.273. The number of esters is 2. The van der Waals surface area contributed by atoms with Gasteiger partial charge in [-0.25, -0.2) is 4.79 Å². The highest BCUT2D eigenvalue weighted by Crippen LogP contribution is 2.22. The number of benzene rings is 3. The van der Waals surface area contributed by atoms with Crippen LogP contribution in [0.5, 0.6) is 11.5 Å². The summed E-state index contributed by atoms with van der Waals surface area (Å²) in [4.78, 5) is 27.9. The van der Waals surface area contributed by atoms with Crippen molar-refractivity contribution >= 4 is 11.9 Å². The molecule has 1 N–H and O–H groups in total.